The molecule has 26 heteroatoms. The number of carbonyl (C=O) groups is 9. The van der Waals surface area contributed by atoms with Crippen molar-refractivity contribution in [3.05, 3.63) is 165 Å². The highest BCUT2D eigenvalue weighted by molar-refractivity contribution is 7.09. The summed E-state index contributed by atoms with van der Waals surface area (Å²) in [6, 6.07) is 34.5. The zero-order valence-corrected chi connectivity index (χ0v) is 79.7. The zero-order chi connectivity index (χ0) is 92.2. The number of amides is 5. The maximum Gasteiger partial charge on any atom is 0.410 e. The predicted molar refractivity (Wildman–Crippen MR) is 504 cm³/mol. The Morgan fingerprint density at radius 1 is 0.520 bits per heavy atom. The molecule has 5 amide bonds. The number of hydrogen-bond donors (Lipinski definition) is 3. The molecule has 2 fully saturated rings. The second-order valence-electron chi connectivity index (χ2n) is 37.0. The van der Waals surface area contributed by atoms with Gasteiger partial charge in [-0.3, -0.25) is 43.3 Å². The highest BCUT2D eigenvalue weighted by Gasteiger charge is 2.50. The number of rotatable bonds is 46. The van der Waals surface area contributed by atoms with Gasteiger partial charge in [-0.05, 0) is 146 Å². The summed E-state index contributed by atoms with van der Waals surface area (Å²) in [5.41, 5.74) is 1.19. The number of hydrogen-bond acceptors (Lipinski definition) is 21. The van der Waals surface area contributed by atoms with Gasteiger partial charge >= 0.3 is 6.09 Å². The second kappa shape index (κ2) is 48.5. The van der Waals surface area contributed by atoms with Gasteiger partial charge in [0.15, 0.2) is 11.6 Å². The van der Waals surface area contributed by atoms with Gasteiger partial charge in [-0.1, -0.05) is 178 Å². The summed E-state index contributed by atoms with van der Waals surface area (Å²) < 4.78 is 30.2. The topological polar surface area (TPSA) is 294 Å². The molecule has 2 saturated heterocycles. The molecule has 0 spiro atoms. The first-order valence-corrected chi connectivity index (χ1v) is 46.4. The maximum absolute atomic E-state index is 14.8. The molecular weight excluding hydrogens is 1650 g/mol. The summed E-state index contributed by atoms with van der Waals surface area (Å²) in [5, 5.41) is 31.5. The zero-order valence-electron chi connectivity index (χ0n) is 78.1. The van der Waals surface area contributed by atoms with Crippen molar-refractivity contribution < 1.29 is 77.0 Å². The van der Waals surface area contributed by atoms with Crippen molar-refractivity contribution in [2.75, 3.05) is 76.3 Å². The summed E-state index contributed by atoms with van der Waals surface area (Å²) >= 11 is 3.10. The Balaban J connectivity index is 0.000000401. The van der Waals surface area contributed by atoms with Crippen LogP contribution in [0.25, 0.3) is 11.1 Å². The number of benzene rings is 4. The number of aromatic nitrogens is 2. The molecule has 0 saturated carbocycles. The predicted octanol–water partition coefficient (Wildman–Crippen LogP) is 16.3. The average molecular weight is 1800 g/mol. The molecule has 0 radical (unpaired) electrons. The molecule has 4 aromatic carbocycles. The van der Waals surface area contributed by atoms with Crippen molar-refractivity contribution in [1.82, 2.24) is 39.8 Å². The van der Waals surface area contributed by atoms with Crippen LogP contribution in [0.4, 0.5) is 4.79 Å². The number of fused-ring (bicyclic) bond motifs is 3. The Morgan fingerprint density at radius 2 is 0.890 bits per heavy atom. The Labute approximate surface area is 765 Å². The van der Waals surface area contributed by atoms with Crippen molar-refractivity contribution >= 4 is 75.5 Å². The summed E-state index contributed by atoms with van der Waals surface area (Å²) in [7, 11) is 12.8. The van der Waals surface area contributed by atoms with E-state index in [1.54, 1.807) is 124 Å². The molecule has 3 aliphatic rings. The van der Waals surface area contributed by atoms with Crippen LogP contribution in [-0.2, 0) is 74.9 Å². The monoisotopic (exact) mass is 1800 g/mol. The van der Waals surface area contributed by atoms with Gasteiger partial charge in [0.1, 0.15) is 18.2 Å². The van der Waals surface area contributed by atoms with Gasteiger partial charge in [-0.25, -0.2) is 14.8 Å². The SMILES string of the molecule is C.C.CC[C@H](C)[C@@H]([C@@H](CC(=O)N1CCC[C@H]1[C@H](OC)[C@@H](C)C(=O)C[C@@H](Cc1ccccc1)c1nccs1)OC)N(C)C(=O)[C@@H](CC(=O)C(C)(C)N(C)C(=O)OCC1c2ccccc2-c2ccccc21)C(C)(C)O.CC[C@H](C)[C@@H]([C@@H](CC(=O)N1CCC[C@H]1[C@H](OC)[C@@H](C)C(=O)C[C@@H](Cc1ccccc1)c1nccs1)OC)N(C)C(=O)[C@@H](CC(=O)C(C)(C)NC)C(C)(C)O. The van der Waals surface area contributed by atoms with Gasteiger partial charge in [-0.15, -0.1) is 22.7 Å². The standard InChI is InChI=1S/C57H76N4O9S.C42H66N4O7S.2CH4/c1-12-36(2)51(48(68-10)34-50(64)61-29-20-27-46(61)52(69-11)37(3)47(62)32-39(53-58-28-30-71-53)31-38-21-14-13-15-22-38)59(8)54(65)45(57(6,7)67)33-49(63)56(4,5)60(9)55(66)70-35-44-42-25-18-16-23-40(42)41-24-17-19-26-43(41)44;1-12-27(2)37(45(9)40(50)31(42(6,7)51)25-35(48)41(4,5)43-8)34(52-10)26-36(49)46-21-16-19-32(46)38(53-11)28(3)33(47)24-30(39-44-20-22-54-39)23-29-17-14-13-15-18-29;;/h13-19,21-26,28,30,36-37,39,44-46,48,51-52,67H,12,20,27,29,31-35H2,1-11H3;13-15,17-18,20,22,27-28,30-32,34,37-38,43,51H,12,16,19,21,23-26H2,1-11H3;2*1H4/t36-,37-,39+,45+,46-,48+,51-,52+;27-,28-,30+,31+,32-,34+,37-,38+;;/m00../s1. The van der Waals surface area contributed by atoms with Crippen molar-refractivity contribution in [3.63, 3.8) is 0 Å². The minimum atomic E-state index is -1.65. The van der Waals surface area contributed by atoms with Gasteiger partial charge in [0.25, 0.3) is 0 Å². The number of nitrogens with zero attached hydrogens (tertiary/aromatic N) is 7. The molecule has 2 aliphatic heterocycles. The highest BCUT2D eigenvalue weighted by atomic mass is 32.1. The molecule has 0 bridgehead atoms. The van der Waals surface area contributed by atoms with Crippen LogP contribution in [0.15, 0.2) is 132 Å². The second-order valence-corrected chi connectivity index (χ2v) is 38.8. The minimum absolute atomic E-state index is 0. The van der Waals surface area contributed by atoms with E-state index < -0.39 is 100 Å². The minimum Gasteiger partial charge on any atom is -0.448 e. The molecule has 16 atom stereocenters. The molecule has 6 aromatic rings. The van der Waals surface area contributed by atoms with E-state index in [4.69, 9.17) is 23.7 Å². The third-order valence-electron chi connectivity index (χ3n) is 27.4. The first-order valence-electron chi connectivity index (χ1n) is 44.6. The van der Waals surface area contributed by atoms with Gasteiger partial charge < -0.3 is 58.8 Å². The van der Waals surface area contributed by atoms with E-state index in [0.717, 1.165) is 56.2 Å². The largest absolute Gasteiger partial charge is 0.448 e. The molecule has 9 rings (SSSR count). The normalized spacial score (nSPS) is 18.0. The summed E-state index contributed by atoms with van der Waals surface area (Å²) in [6.45, 7) is 25.7. The third kappa shape index (κ3) is 27.0. The van der Waals surface area contributed by atoms with E-state index in [9.17, 15) is 53.4 Å². The Bertz CT molecular complexity index is 4430. The first-order chi connectivity index (χ1) is 59.1. The van der Waals surface area contributed by atoms with Crippen molar-refractivity contribution in [2.24, 2.45) is 35.5 Å². The smallest absolute Gasteiger partial charge is 0.410 e. The number of thiazole rings is 2. The molecule has 1 aliphatic carbocycles. The molecule has 0 unspecified atom stereocenters. The van der Waals surface area contributed by atoms with Gasteiger partial charge in [0.05, 0.1) is 106 Å². The quantitative estimate of drug-likeness (QED) is 0.0320. The van der Waals surface area contributed by atoms with E-state index in [1.807, 2.05) is 135 Å². The Kier molecular flexibility index (Phi) is 41.1. The highest BCUT2D eigenvalue weighted by Crippen LogP contribution is 2.46. The number of likely N-dealkylation sites (tertiary alicyclic amines) is 2. The van der Waals surface area contributed by atoms with E-state index in [2.05, 4.69) is 51.7 Å². The number of ketones is 4. The summed E-state index contributed by atoms with van der Waals surface area (Å²) in [4.78, 5) is 144. The number of ether oxygens (including phenoxy) is 5. The molecule has 702 valence electrons. The number of aliphatic hydroxyl groups is 2. The van der Waals surface area contributed by atoms with Crippen molar-refractivity contribution in [1.29, 1.82) is 0 Å². The average Bonchev–Trinajstić information content (AvgIpc) is 1.66. The third-order valence-corrected chi connectivity index (χ3v) is 29.3. The summed E-state index contributed by atoms with van der Waals surface area (Å²) in [5.74, 6) is -5.40. The van der Waals surface area contributed by atoms with Crippen LogP contribution in [0.3, 0.4) is 0 Å². The van der Waals surface area contributed by atoms with Crippen LogP contribution >= 0.6 is 22.7 Å². The van der Waals surface area contributed by atoms with Crippen LogP contribution in [-0.4, -0.2) is 245 Å². The first kappa shape index (κ1) is 107. The van der Waals surface area contributed by atoms with Gasteiger partial charge in [0, 0.05) is 141 Å². The van der Waals surface area contributed by atoms with E-state index in [1.165, 1.54) is 37.8 Å². The van der Waals surface area contributed by atoms with Gasteiger partial charge in [0.2, 0.25) is 23.6 Å². The Morgan fingerprint density at radius 3 is 1.23 bits per heavy atom. The van der Waals surface area contributed by atoms with Crippen LogP contribution in [0.5, 0.6) is 0 Å². The molecule has 2 aromatic heterocycles. The fourth-order valence-corrected chi connectivity index (χ4v) is 20.1. The lowest BCUT2D eigenvalue weighted by atomic mass is 9.80. The molecule has 127 heavy (non-hydrogen) atoms. The van der Waals surface area contributed by atoms with E-state index in [-0.39, 0.29) is 130 Å². The van der Waals surface area contributed by atoms with E-state index >= 15 is 0 Å². The molecule has 3 N–H and O–H groups in total. The maximum atomic E-state index is 14.8. The van der Waals surface area contributed by atoms with Crippen LogP contribution in [0.1, 0.15) is 239 Å². The van der Waals surface area contributed by atoms with Crippen molar-refractivity contribution in [3.8, 4) is 11.1 Å². The summed E-state index contributed by atoms with van der Waals surface area (Å²) in [6.07, 6.45) is 6.08. The van der Waals surface area contributed by atoms with Crippen LogP contribution < -0.4 is 5.32 Å². The number of carbonyl (C=O) groups excluding carboxylic acids is 9. The van der Waals surface area contributed by atoms with Crippen molar-refractivity contribution in [2.45, 2.75) is 290 Å². The van der Waals surface area contributed by atoms with Crippen LogP contribution in [0.2, 0.25) is 0 Å². The lowest BCUT2D eigenvalue weighted by molar-refractivity contribution is -0.155. The van der Waals surface area contributed by atoms with Gasteiger partial charge in [-0.2, -0.15) is 0 Å². The number of Topliss-reactive ketones (excluding diaryl/α,β-unsaturated/α-hetero) is 4. The molecule has 4 heterocycles. The molecule has 24 nitrogen and oxygen atoms in total. The lowest BCUT2D eigenvalue weighted by Gasteiger charge is -2.42. The fraction of sp³-hybridized carbons (Fsp3) is 0.614. The Hall–Kier alpha value is -8.31. The lowest BCUT2D eigenvalue weighted by Crippen LogP contribution is -2.57. The number of nitrogens with one attached hydrogen (secondary N) is 1. The number of likely N-dealkylation sites (N-methyl/N-ethyl adjacent to an activating group) is 4. The van der Waals surface area contributed by atoms with Crippen LogP contribution in [0, 0.1) is 35.5 Å². The number of methoxy groups -OCH3 is 4. The van der Waals surface area contributed by atoms with E-state index in [0.29, 0.717) is 58.0 Å². The molecular formula is C101H150N8O16S2. The fourth-order valence-electron chi connectivity index (χ4n) is 18.6.